The van der Waals surface area contributed by atoms with E-state index in [1.54, 1.807) is 0 Å². The van der Waals surface area contributed by atoms with E-state index in [-0.39, 0.29) is 5.41 Å². The summed E-state index contributed by atoms with van der Waals surface area (Å²) in [6.45, 7) is 11.1. The SMILES string of the molecule is CC(C)c1ccc2occ(C(C)(C)C)c2c1. The highest BCUT2D eigenvalue weighted by Gasteiger charge is 2.19. The van der Waals surface area contributed by atoms with Gasteiger partial charge in [0.15, 0.2) is 0 Å². The van der Waals surface area contributed by atoms with Crippen molar-refractivity contribution in [3.05, 3.63) is 35.6 Å². The van der Waals surface area contributed by atoms with Gasteiger partial charge in [-0.25, -0.2) is 0 Å². The first-order valence-electron chi connectivity index (χ1n) is 5.91. The van der Waals surface area contributed by atoms with Crippen molar-refractivity contribution in [3.63, 3.8) is 0 Å². The molecule has 16 heavy (non-hydrogen) atoms. The average molecular weight is 216 g/mol. The predicted octanol–water partition coefficient (Wildman–Crippen LogP) is 4.85. The number of benzene rings is 1. The Balaban J connectivity index is 2.65. The lowest BCUT2D eigenvalue weighted by Gasteiger charge is -2.17. The van der Waals surface area contributed by atoms with E-state index in [0.29, 0.717) is 5.92 Å². The van der Waals surface area contributed by atoms with Gasteiger partial charge >= 0.3 is 0 Å². The Labute approximate surface area is 97.5 Å². The van der Waals surface area contributed by atoms with Crippen molar-refractivity contribution in [1.82, 2.24) is 0 Å². The molecule has 1 heteroatoms. The normalized spacial score (nSPS) is 12.6. The van der Waals surface area contributed by atoms with Crippen LogP contribution in [0, 0.1) is 0 Å². The maximum Gasteiger partial charge on any atom is 0.134 e. The lowest BCUT2D eigenvalue weighted by molar-refractivity contribution is 0.557. The minimum atomic E-state index is 0.140. The summed E-state index contributed by atoms with van der Waals surface area (Å²) in [6, 6.07) is 6.51. The van der Waals surface area contributed by atoms with Crippen LogP contribution in [0.4, 0.5) is 0 Å². The molecule has 0 atom stereocenters. The summed E-state index contributed by atoms with van der Waals surface area (Å²) in [5.74, 6) is 0.562. The van der Waals surface area contributed by atoms with Crippen molar-refractivity contribution in [2.24, 2.45) is 0 Å². The Hall–Kier alpha value is -1.24. The van der Waals surface area contributed by atoms with Crippen LogP contribution in [0.3, 0.4) is 0 Å². The quantitative estimate of drug-likeness (QED) is 0.664. The van der Waals surface area contributed by atoms with Crippen LogP contribution < -0.4 is 0 Å². The van der Waals surface area contributed by atoms with Crippen molar-refractivity contribution in [2.75, 3.05) is 0 Å². The summed E-state index contributed by atoms with van der Waals surface area (Å²) in [6.07, 6.45) is 1.90. The largest absolute Gasteiger partial charge is 0.464 e. The van der Waals surface area contributed by atoms with Crippen LogP contribution in [0.1, 0.15) is 51.7 Å². The van der Waals surface area contributed by atoms with Crippen molar-refractivity contribution < 1.29 is 4.42 Å². The van der Waals surface area contributed by atoms with E-state index < -0.39 is 0 Å². The van der Waals surface area contributed by atoms with Crippen LogP contribution in [-0.4, -0.2) is 0 Å². The van der Waals surface area contributed by atoms with E-state index in [9.17, 15) is 0 Å². The van der Waals surface area contributed by atoms with Crippen LogP contribution in [-0.2, 0) is 5.41 Å². The number of rotatable bonds is 1. The molecule has 0 saturated heterocycles. The maximum atomic E-state index is 5.61. The molecular weight excluding hydrogens is 196 g/mol. The Morgan fingerprint density at radius 1 is 1.12 bits per heavy atom. The lowest BCUT2D eigenvalue weighted by atomic mass is 9.86. The fourth-order valence-electron chi connectivity index (χ4n) is 1.99. The molecule has 86 valence electrons. The Morgan fingerprint density at radius 2 is 1.81 bits per heavy atom. The molecule has 1 heterocycles. The van der Waals surface area contributed by atoms with Crippen LogP contribution in [0.2, 0.25) is 0 Å². The molecule has 0 N–H and O–H groups in total. The van der Waals surface area contributed by atoms with Crippen LogP contribution in [0.15, 0.2) is 28.9 Å². The molecule has 1 nitrogen and oxygen atoms in total. The van der Waals surface area contributed by atoms with E-state index in [2.05, 4.69) is 52.8 Å². The summed E-state index contributed by atoms with van der Waals surface area (Å²) in [7, 11) is 0. The van der Waals surface area contributed by atoms with Crippen LogP contribution in [0.5, 0.6) is 0 Å². The van der Waals surface area contributed by atoms with Gasteiger partial charge in [0.1, 0.15) is 5.58 Å². The Bertz CT molecular complexity index is 498. The number of furan rings is 1. The number of hydrogen-bond acceptors (Lipinski definition) is 1. The van der Waals surface area contributed by atoms with Crippen molar-refractivity contribution in [3.8, 4) is 0 Å². The summed E-state index contributed by atoms with van der Waals surface area (Å²) < 4.78 is 5.61. The smallest absolute Gasteiger partial charge is 0.134 e. The minimum absolute atomic E-state index is 0.140. The van der Waals surface area contributed by atoms with E-state index in [1.165, 1.54) is 16.5 Å². The van der Waals surface area contributed by atoms with Crippen molar-refractivity contribution in [2.45, 2.75) is 46.0 Å². The second kappa shape index (κ2) is 3.65. The van der Waals surface area contributed by atoms with E-state index in [1.807, 2.05) is 6.26 Å². The minimum Gasteiger partial charge on any atom is -0.464 e. The molecule has 0 fully saturated rings. The second-order valence-electron chi connectivity index (χ2n) is 5.81. The molecular formula is C15H20O. The predicted molar refractivity (Wildman–Crippen MR) is 69.0 cm³/mol. The third-order valence-electron chi connectivity index (χ3n) is 3.07. The lowest BCUT2D eigenvalue weighted by Crippen LogP contribution is -2.09. The molecule has 2 rings (SSSR count). The van der Waals surface area contributed by atoms with Crippen molar-refractivity contribution in [1.29, 1.82) is 0 Å². The molecule has 0 radical (unpaired) electrons. The molecule has 0 aliphatic heterocycles. The van der Waals surface area contributed by atoms with Gasteiger partial charge in [0, 0.05) is 10.9 Å². The first kappa shape index (κ1) is 11.3. The zero-order valence-electron chi connectivity index (χ0n) is 10.8. The number of hydrogen-bond donors (Lipinski definition) is 0. The molecule has 0 aliphatic carbocycles. The van der Waals surface area contributed by atoms with Crippen LogP contribution >= 0.6 is 0 Å². The van der Waals surface area contributed by atoms with E-state index in [0.717, 1.165) is 5.58 Å². The highest BCUT2D eigenvalue weighted by Crippen LogP contribution is 2.33. The molecule has 0 saturated carbocycles. The van der Waals surface area contributed by atoms with Gasteiger partial charge in [-0.1, -0.05) is 40.7 Å². The topological polar surface area (TPSA) is 13.1 Å². The van der Waals surface area contributed by atoms with E-state index in [4.69, 9.17) is 4.42 Å². The first-order chi connectivity index (χ1) is 7.39. The standard InChI is InChI=1S/C15H20O/c1-10(2)11-6-7-14-12(8-11)13(9-16-14)15(3,4)5/h6-10H,1-5H3. The molecule has 2 aromatic rings. The Morgan fingerprint density at radius 3 is 2.38 bits per heavy atom. The molecule has 0 amide bonds. The van der Waals surface area contributed by atoms with Gasteiger partial charge in [-0.3, -0.25) is 0 Å². The zero-order chi connectivity index (χ0) is 11.9. The third kappa shape index (κ3) is 1.87. The monoisotopic (exact) mass is 216 g/mol. The number of fused-ring (bicyclic) bond motifs is 1. The van der Waals surface area contributed by atoms with Gasteiger partial charge in [0.05, 0.1) is 6.26 Å². The van der Waals surface area contributed by atoms with Crippen LogP contribution in [0.25, 0.3) is 11.0 Å². The highest BCUT2D eigenvalue weighted by molar-refractivity contribution is 5.83. The van der Waals surface area contributed by atoms with Gasteiger partial charge in [-0.2, -0.15) is 0 Å². The van der Waals surface area contributed by atoms with Gasteiger partial charge in [0.25, 0.3) is 0 Å². The Kier molecular flexibility index (Phi) is 2.57. The third-order valence-corrected chi connectivity index (χ3v) is 3.07. The first-order valence-corrected chi connectivity index (χ1v) is 5.91. The molecule has 0 unspecified atom stereocenters. The molecule has 0 aliphatic rings. The highest BCUT2D eigenvalue weighted by atomic mass is 16.3. The summed E-state index contributed by atoms with van der Waals surface area (Å²) in [4.78, 5) is 0. The zero-order valence-corrected chi connectivity index (χ0v) is 10.8. The second-order valence-corrected chi connectivity index (χ2v) is 5.81. The summed E-state index contributed by atoms with van der Waals surface area (Å²) in [5.41, 5.74) is 3.81. The van der Waals surface area contributed by atoms with E-state index >= 15 is 0 Å². The molecule has 0 spiro atoms. The fraction of sp³-hybridized carbons (Fsp3) is 0.467. The van der Waals surface area contributed by atoms with Gasteiger partial charge in [0.2, 0.25) is 0 Å². The molecule has 0 bridgehead atoms. The van der Waals surface area contributed by atoms with Gasteiger partial charge < -0.3 is 4.42 Å². The average Bonchev–Trinajstić information content (AvgIpc) is 2.58. The van der Waals surface area contributed by atoms with Crippen molar-refractivity contribution >= 4 is 11.0 Å². The summed E-state index contributed by atoms with van der Waals surface area (Å²) in [5, 5.41) is 1.26. The molecule has 1 aromatic carbocycles. The maximum absolute atomic E-state index is 5.61. The van der Waals surface area contributed by atoms with Gasteiger partial charge in [-0.15, -0.1) is 0 Å². The fourth-order valence-corrected chi connectivity index (χ4v) is 1.99. The van der Waals surface area contributed by atoms with Gasteiger partial charge in [-0.05, 0) is 29.0 Å². The summed E-state index contributed by atoms with van der Waals surface area (Å²) >= 11 is 0. The molecule has 1 aromatic heterocycles.